The number of aromatic amines is 1. The number of primary amides is 1. The number of hydrogen-bond acceptors (Lipinski definition) is 8. The lowest BCUT2D eigenvalue weighted by atomic mass is 10.1. The van der Waals surface area contributed by atoms with Crippen molar-refractivity contribution in [1.29, 1.82) is 0 Å². The number of H-pyrrole nitrogens is 1. The molecule has 1 amide bonds. The van der Waals surface area contributed by atoms with E-state index in [9.17, 15) is 18.0 Å². The number of nitrogens with zero attached hydrogens (tertiary/aromatic N) is 3. The molecule has 1 atom stereocenters. The zero-order valence-electron chi connectivity index (χ0n) is 19.7. The topological polar surface area (TPSA) is 131 Å². The minimum Gasteiger partial charge on any atom is -0.484 e. The van der Waals surface area contributed by atoms with Gasteiger partial charge in [0.1, 0.15) is 40.5 Å². The van der Waals surface area contributed by atoms with Crippen LogP contribution in [0.4, 0.5) is 30.5 Å². The number of benzene rings is 2. The molecule has 0 spiro atoms. The van der Waals surface area contributed by atoms with E-state index in [0.717, 1.165) is 5.56 Å². The highest BCUT2D eigenvalue weighted by molar-refractivity contribution is 8.00. The van der Waals surface area contributed by atoms with Crippen molar-refractivity contribution in [3.8, 4) is 17.0 Å². The first-order chi connectivity index (χ1) is 18.1. The van der Waals surface area contributed by atoms with Crippen LogP contribution in [0.5, 0.6) is 5.75 Å². The zero-order valence-corrected chi connectivity index (χ0v) is 21.3. The summed E-state index contributed by atoms with van der Waals surface area (Å²) in [5.41, 5.74) is 7.45. The van der Waals surface area contributed by atoms with Crippen LogP contribution in [-0.2, 0) is 0 Å². The Labute approximate surface area is 224 Å². The highest BCUT2D eigenvalue weighted by Gasteiger charge is 2.28. The van der Waals surface area contributed by atoms with Gasteiger partial charge in [-0.2, -0.15) is 18.3 Å². The second kappa shape index (κ2) is 11.6. The standard InChI is InChI=1S/C24H21ClF3N7O2S/c1-13(14-2-5-16(25)6-3-14)37-18-10-15(4-7-17(18)35-38-12-24(26,27)28)21-20(22(29)36)23(34-33-21)32-19-11-30-8-9-31-19/h2-11,13,35H,12H2,1H3,(H2,29,36)(H2,31,32,33,34). The first kappa shape index (κ1) is 27.1. The summed E-state index contributed by atoms with van der Waals surface area (Å²) in [6, 6.07) is 11.7. The van der Waals surface area contributed by atoms with Crippen molar-refractivity contribution in [2.24, 2.45) is 5.73 Å². The van der Waals surface area contributed by atoms with Gasteiger partial charge in [0.15, 0.2) is 0 Å². The lowest BCUT2D eigenvalue weighted by molar-refractivity contribution is -0.105. The van der Waals surface area contributed by atoms with E-state index < -0.39 is 23.9 Å². The van der Waals surface area contributed by atoms with Crippen molar-refractivity contribution in [1.82, 2.24) is 20.2 Å². The first-order valence-electron chi connectivity index (χ1n) is 11.0. The molecule has 4 aromatic rings. The lowest BCUT2D eigenvalue weighted by Crippen LogP contribution is -2.14. The van der Waals surface area contributed by atoms with Gasteiger partial charge in [-0.3, -0.25) is 14.9 Å². The number of carbonyl (C=O) groups is 1. The van der Waals surface area contributed by atoms with Gasteiger partial charge in [-0.1, -0.05) is 29.8 Å². The van der Waals surface area contributed by atoms with Crippen LogP contribution in [0.1, 0.15) is 28.9 Å². The molecule has 0 aliphatic rings. The van der Waals surface area contributed by atoms with Crippen LogP contribution in [0.2, 0.25) is 5.02 Å². The van der Waals surface area contributed by atoms with Crippen LogP contribution in [0.3, 0.4) is 0 Å². The number of rotatable bonds is 10. The van der Waals surface area contributed by atoms with Crippen LogP contribution in [0.25, 0.3) is 11.3 Å². The third-order valence-corrected chi connectivity index (χ3v) is 6.23. The molecule has 14 heteroatoms. The second-order valence-electron chi connectivity index (χ2n) is 7.93. The fourth-order valence-corrected chi connectivity index (χ4v) is 4.10. The summed E-state index contributed by atoms with van der Waals surface area (Å²) in [6.07, 6.45) is -0.424. The van der Waals surface area contributed by atoms with Gasteiger partial charge in [-0.15, -0.1) is 0 Å². The summed E-state index contributed by atoms with van der Waals surface area (Å²) < 4.78 is 47.0. The Morgan fingerprint density at radius 3 is 2.63 bits per heavy atom. The van der Waals surface area contributed by atoms with Gasteiger partial charge >= 0.3 is 6.18 Å². The average Bonchev–Trinajstić information content (AvgIpc) is 3.29. The van der Waals surface area contributed by atoms with E-state index in [4.69, 9.17) is 22.1 Å². The minimum atomic E-state index is -4.35. The summed E-state index contributed by atoms with van der Waals surface area (Å²) in [5, 5.41) is 10.4. The molecule has 2 aromatic heterocycles. The van der Waals surface area contributed by atoms with Gasteiger partial charge in [0.2, 0.25) is 0 Å². The van der Waals surface area contributed by atoms with Crippen LogP contribution in [0.15, 0.2) is 61.1 Å². The number of hydrogen-bond donors (Lipinski definition) is 4. The molecule has 9 nitrogen and oxygen atoms in total. The van der Waals surface area contributed by atoms with E-state index in [2.05, 4.69) is 30.2 Å². The molecule has 0 saturated heterocycles. The minimum absolute atomic E-state index is 0.0551. The smallest absolute Gasteiger partial charge is 0.399 e. The molecular formula is C24H21ClF3N7O2S. The Hall–Kier alpha value is -3.97. The number of alkyl halides is 3. The Morgan fingerprint density at radius 1 is 1.21 bits per heavy atom. The Balaban J connectivity index is 1.68. The van der Waals surface area contributed by atoms with Crippen molar-refractivity contribution >= 4 is 46.8 Å². The molecule has 0 fully saturated rings. The molecule has 1 unspecified atom stereocenters. The van der Waals surface area contributed by atoms with Gasteiger partial charge in [0.25, 0.3) is 5.91 Å². The maximum Gasteiger partial charge on any atom is 0.399 e. The van der Waals surface area contributed by atoms with Gasteiger partial charge in [-0.25, -0.2) is 4.98 Å². The van der Waals surface area contributed by atoms with Crippen molar-refractivity contribution in [3.05, 3.63) is 77.2 Å². The summed E-state index contributed by atoms with van der Waals surface area (Å²) >= 11 is 6.45. The molecule has 0 aliphatic heterocycles. The predicted octanol–water partition coefficient (Wildman–Crippen LogP) is 6.13. The summed E-state index contributed by atoms with van der Waals surface area (Å²) in [5.74, 6) is -1.08. The molecule has 5 N–H and O–H groups in total. The van der Waals surface area contributed by atoms with Crippen LogP contribution < -0.4 is 20.5 Å². The number of aromatic nitrogens is 4. The third kappa shape index (κ3) is 6.86. The SMILES string of the molecule is CC(Oc1cc(-c2n[nH]c(Nc3cnccn3)c2C(N)=O)ccc1NSCC(F)(F)F)c1ccc(Cl)cc1. The van der Waals surface area contributed by atoms with Gasteiger partial charge < -0.3 is 20.5 Å². The fourth-order valence-electron chi connectivity index (χ4n) is 3.41. The van der Waals surface area contributed by atoms with Crippen LogP contribution in [-0.4, -0.2) is 38.0 Å². The monoisotopic (exact) mass is 563 g/mol. The van der Waals surface area contributed by atoms with Crippen molar-refractivity contribution in [2.75, 3.05) is 15.8 Å². The third-order valence-electron chi connectivity index (χ3n) is 5.15. The van der Waals surface area contributed by atoms with Crippen molar-refractivity contribution in [2.45, 2.75) is 19.2 Å². The Bertz CT molecular complexity index is 1400. The maximum atomic E-state index is 12.7. The average molecular weight is 564 g/mol. The normalized spacial score (nSPS) is 12.1. The molecule has 4 rings (SSSR count). The molecule has 38 heavy (non-hydrogen) atoms. The molecule has 0 aliphatic carbocycles. The van der Waals surface area contributed by atoms with E-state index in [0.29, 0.717) is 34.0 Å². The fraction of sp³-hybridized carbons (Fsp3) is 0.167. The number of nitrogens with one attached hydrogen (secondary N) is 3. The summed E-state index contributed by atoms with van der Waals surface area (Å²) in [7, 11) is 0. The van der Waals surface area contributed by atoms with E-state index in [1.165, 1.54) is 24.7 Å². The van der Waals surface area contributed by atoms with E-state index in [1.54, 1.807) is 43.3 Å². The Kier molecular flexibility index (Phi) is 8.27. The quantitative estimate of drug-likeness (QED) is 0.170. The summed E-state index contributed by atoms with van der Waals surface area (Å²) in [6.45, 7) is 1.79. The second-order valence-corrected chi connectivity index (χ2v) is 9.15. The number of nitrogens with two attached hydrogens (primary N) is 1. The highest BCUT2D eigenvalue weighted by Crippen LogP contribution is 2.37. The predicted molar refractivity (Wildman–Crippen MR) is 140 cm³/mol. The number of carbonyl (C=O) groups excluding carboxylic acids is 1. The molecule has 198 valence electrons. The molecule has 2 heterocycles. The number of halogens is 4. The Morgan fingerprint density at radius 2 is 1.97 bits per heavy atom. The highest BCUT2D eigenvalue weighted by atomic mass is 35.5. The van der Waals surface area contributed by atoms with Crippen LogP contribution >= 0.6 is 23.5 Å². The molecule has 2 aromatic carbocycles. The number of amides is 1. The molecule has 0 radical (unpaired) electrons. The first-order valence-corrected chi connectivity index (χ1v) is 12.4. The molecule has 0 saturated carbocycles. The van der Waals surface area contributed by atoms with Gasteiger partial charge in [0.05, 0.1) is 11.9 Å². The molecule has 0 bridgehead atoms. The van der Waals surface area contributed by atoms with Gasteiger partial charge in [0, 0.05) is 23.0 Å². The largest absolute Gasteiger partial charge is 0.484 e. The van der Waals surface area contributed by atoms with E-state index >= 15 is 0 Å². The van der Waals surface area contributed by atoms with Crippen molar-refractivity contribution in [3.63, 3.8) is 0 Å². The lowest BCUT2D eigenvalue weighted by Gasteiger charge is -2.19. The number of anilines is 3. The van der Waals surface area contributed by atoms with Crippen molar-refractivity contribution < 1.29 is 22.7 Å². The summed E-state index contributed by atoms with van der Waals surface area (Å²) in [4.78, 5) is 20.4. The van der Waals surface area contributed by atoms with Crippen LogP contribution in [0, 0.1) is 0 Å². The number of ether oxygens (including phenoxy) is 1. The zero-order chi connectivity index (χ0) is 27.3. The van der Waals surface area contributed by atoms with E-state index in [1.807, 2.05) is 0 Å². The van der Waals surface area contributed by atoms with Gasteiger partial charge in [-0.05, 0) is 48.7 Å². The molecular weight excluding hydrogens is 543 g/mol. The maximum absolute atomic E-state index is 12.7. The van der Waals surface area contributed by atoms with E-state index in [-0.39, 0.29) is 22.8 Å².